The summed E-state index contributed by atoms with van der Waals surface area (Å²) in [5.41, 5.74) is 5.52. The van der Waals surface area contributed by atoms with Crippen LogP contribution in [-0.2, 0) is 0 Å². The number of aromatic nitrogens is 1. The number of rotatable bonds is 2. The normalized spacial score (nSPS) is 11.9. The molecular formula is C34H21NO. The molecule has 2 heteroatoms. The second kappa shape index (κ2) is 7.34. The lowest BCUT2D eigenvalue weighted by Gasteiger charge is -2.13. The number of benzene rings is 6. The highest BCUT2D eigenvalue weighted by Gasteiger charge is 2.15. The standard InChI is InChI=1S/C34H21NO/c1-2-12-27-25(10-1)26-11-3-4-13-28(26)32-21-23(16-17-29(27)32)22-8-7-9-24(20-22)35-33-15-6-5-14-30(33)31-18-19-36-34(31)35/h1-21H. The lowest BCUT2D eigenvalue weighted by atomic mass is 9.92. The maximum absolute atomic E-state index is 5.94. The van der Waals surface area contributed by atoms with Gasteiger partial charge in [-0.3, -0.25) is 4.57 Å². The highest BCUT2D eigenvalue weighted by Crippen LogP contribution is 2.38. The van der Waals surface area contributed by atoms with Crippen LogP contribution in [0.3, 0.4) is 0 Å². The summed E-state index contributed by atoms with van der Waals surface area (Å²) in [6.07, 6.45) is 1.77. The Balaban J connectivity index is 1.38. The van der Waals surface area contributed by atoms with Crippen molar-refractivity contribution in [1.29, 1.82) is 0 Å². The van der Waals surface area contributed by atoms with Crippen LogP contribution < -0.4 is 0 Å². The molecular weight excluding hydrogens is 438 g/mol. The first-order chi connectivity index (χ1) is 17.9. The first-order valence-corrected chi connectivity index (χ1v) is 12.3. The summed E-state index contributed by atoms with van der Waals surface area (Å²) >= 11 is 0. The fourth-order valence-corrected chi connectivity index (χ4v) is 5.85. The molecule has 6 aromatic carbocycles. The Labute approximate surface area is 207 Å². The molecule has 0 aliphatic carbocycles. The molecule has 0 fully saturated rings. The lowest BCUT2D eigenvalue weighted by molar-refractivity contribution is 0.596. The minimum atomic E-state index is 0.879. The SMILES string of the molecule is c1cc(-c2ccc3c4ccccc4c4ccccc4c3c2)cc(-n2c3ccccc3c3ccoc32)c1. The average molecular weight is 460 g/mol. The quantitative estimate of drug-likeness (QED) is 0.235. The highest BCUT2D eigenvalue weighted by molar-refractivity contribution is 6.25. The Morgan fingerprint density at radius 1 is 0.417 bits per heavy atom. The fourth-order valence-electron chi connectivity index (χ4n) is 5.85. The Kier molecular flexibility index (Phi) is 3.97. The van der Waals surface area contributed by atoms with E-state index in [9.17, 15) is 0 Å². The molecule has 0 aliphatic rings. The molecule has 36 heavy (non-hydrogen) atoms. The van der Waals surface area contributed by atoms with Gasteiger partial charge in [-0.05, 0) is 73.8 Å². The van der Waals surface area contributed by atoms with Crippen LogP contribution in [0.5, 0.6) is 0 Å². The molecule has 0 spiro atoms. The van der Waals surface area contributed by atoms with Crippen LogP contribution in [-0.4, -0.2) is 4.57 Å². The Bertz CT molecular complexity index is 2070. The molecule has 8 rings (SSSR count). The van der Waals surface area contributed by atoms with Crippen LogP contribution in [0.1, 0.15) is 0 Å². The number of hydrogen-bond donors (Lipinski definition) is 0. The van der Waals surface area contributed by atoms with Crippen LogP contribution in [0.2, 0.25) is 0 Å². The van der Waals surface area contributed by atoms with Crippen molar-refractivity contribution < 1.29 is 4.42 Å². The van der Waals surface area contributed by atoms with Gasteiger partial charge in [0.05, 0.1) is 11.8 Å². The minimum absolute atomic E-state index is 0.879. The third-order valence-electron chi connectivity index (χ3n) is 7.46. The zero-order valence-corrected chi connectivity index (χ0v) is 19.5. The van der Waals surface area contributed by atoms with E-state index in [1.807, 2.05) is 0 Å². The molecule has 0 atom stereocenters. The van der Waals surface area contributed by atoms with Gasteiger partial charge in [0.15, 0.2) is 0 Å². The van der Waals surface area contributed by atoms with Gasteiger partial charge < -0.3 is 4.42 Å². The topological polar surface area (TPSA) is 18.1 Å². The second-order valence-corrected chi connectivity index (χ2v) is 9.39. The summed E-state index contributed by atoms with van der Waals surface area (Å²) in [6.45, 7) is 0. The van der Waals surface area contributed by atoms with Crippen molar-refractivity contribution in [3.05, 3.63) is 128 Å². The van der Waals surface area contributed by atoms with E-state index in [1.54, 1.807) is 6.26 Å². The van der Waals surface area contributed by atoms with E-state index in [0.29, 0.717) is 0 Å². The van der Waals surface area contributed by atoms with Crippen molar-refractivity contribution in [1.82, 2.24) is 4.57 Å². The minimum Gasteiger partial charge on any atom is -0.447 e. The number of furan rings is 1. The Hall–Kier alpha value is -4.82. The van der Waals surface area contributed by atoms with Crippen LogP contribution in [0.4, 0.5) is 0 Å². The van der Waals surface area contributed by atoms with Gasteiger partial charge >= 0.3 is 0 Å². The smallest absolute Gasteiger partial charge is 0.212 e. The molecule has 0 bridgehead atoms. The van der Waals surface area contributed by atoms with Gasteiger partial charge in [-0.1, -0.05) is 91.0 Å². The number of hydrogen-bond acceptors (Lipinski definition) is 1. The molecule has 2 aromatic heterocycles. The summed E-state index contributed by atoms with van der Waals surface area (Å²) in [7, 11) is 0. The van der Waals surface area contributed by atoms with Crippen molar-refractivity contribution in [2.24, 2.45) is 0 Å². The summed E-state index contributed by atoms with van der Waals surface area (Å²) in [6, 6.07) is 43.6. The Morgan fingerprint density at radius 2 is 1.03 bits per heavy atom. The third-order valence-corrected chi connectivity index (χ3v) is 7.46. The van der Waals surface area contributed by atoms with Gasteiger partial charge in [0.1, 0.15) is 0 Å². The van der Waals surface area contributed by atoms with Crippen LogP contribution in [0.15, 0.2) is 132 Å². The van der Waals surface area contributed by atoms with Crippen LogP contribution in [0.25, 0.3) is 71.1 Å². The summed E-state index contributed by atoms with van der Waals surface area (Å²) in [4.78, 5) is 0. The van der Waals surface area contributed by atoms with E-state index in [1.165, 1.54) is 48.8 Å². The first kappa shape index (κ1) is 19.5. The first-order valence-electron chi connectivity index (χ1n) is 12.3. The second-order valence-electron chi connectivity index (χ2n) is 9.39. The summed E-state index contributed by atoms with van der Waals surface area (Å²) in [5, 5.41) is 10.1. The molecule has 0 radical (unpaired) electrons. The molecule has 0 saturated carbocycles. The van der Waals surface area contributed by atoms with Crippen molar-refractivity contribution in [3.8, 4) is 16.8 Å². The van der Waals surface area contributed by atoms with E-state index < -0.39 is 0 Å². The Morgan fingerprint density at radius 3 is 1.78 bits per heavy atom. The summed E-state index contributed by atoms with van der Waals surface area (Å²) < 4.78 is 8.16. The lowest BCUT2D eigenvalue weighted by Crippen LogP contribution is -1.93. The molecule has 168 valence electrons. The van der Waals surface area contributed by atoms with Gasteiger partial charge in [0.25, 0.3) is 0 Å². The van der Waals surface area contributed by atoms with Gasteiger partial charge in [0.2, 0.25) is 5.71 Å². The molecule has 0 amide bonds. The zero-order chi connectivity index (χ0) is 23.6. The van der Waals surface area contributed by atoms with Crippen molar-refractivity contribution in [2.45, 2.75) is 0 Å². The molecule has 2 nitrogen and oxygen atoms in total. The zero-order valence-electron chi connectivity index (χ0n) is 19.5. The van der Waals surface area contributed by atoms with Gasteiger partial charge in [-0.15, -0.1) is 0 Å². The van der Waals surface area contributed by atoms with E-state index in [4.69, 9.17) is 4.42 Å². The largest absolute Gasteiger partial charge is 0.447 e. The van der Waals surface area contributed by atoms with E-state index >= 15 is 0 Å². The predicted octanol–water partition coefficient (Wildman–Crippen LogP) is 9.50. The maximum atomic E-state index is 5.94. The predicted molar refractivity (Wildman–Crippen MR) is 151 cm³/mol. The molecule has 0 N–H and O–H groups in total. The summed E-state index contributed by atoms with van der Waals surface area (Å²) in [5.74, 6) is 0. The van der Waals surface area contributed by atoms with Crippen LogP contribution in [0, 0.1) is 0 Å². The van der Waals surface area contributed by atoms with Gasteiger partial charge in [-0.2, -0.15) is 0 Å². The fraction of sp³-hybridized carbons (Fsp3) is 0. The number of fused-ring (bicyclic) bond motifs is 9. The molecule has 0 unspecified atom stereocenters. The molecule has 8 aromatic rings. The monoisotopic (exact) mass is 459 g/mol. The van der Waals surface area contributed by atoms with E-state index in [2.05, 4.69) is 126 Å². The maximum Gasteiger partial charge on any atom is 0.212 e. The van der Waals surface area contributed by atoms with Crippen molar-refractivity contribution >= 4 is 54.3 Å². The average Bonchev–Trinajstić information content (AvgIpc) is 3.54. The van der Waals surface area contributed by atoms with Crippen molar-refractivity contribution in [3.63, 3.8) is 0 Å². The van der Waals surface area contributed by atoms with Gasteiger partial charge in [-0.25, -0.2) is 0 Å². The molecule has 0 saturated heterocycles. The van der Waals surface area contributed by atoms with Gasteiger partial charge in [0, 0.05) is 16.5 Å². The van der Waals surface area contributed by atoms with E-state index in [0.717, 1.165) is 22.3 Å². The molecule has 0 aliphatic heterocycles. The third kappa shape index (κ3) is 2.67. The number of para-hydroxylation sites is 1. The number of nitrogens with zero attached hydrogens (tertiary/aromatic N) is 1. The van der Waals surface area contributed by atoms with E-state index in [-0.39, 0.29) is 0 Å². The van der Waals surface area contributed by atoms with Crippen molar-refractivity contribution in [2.75, 3.05) is 0 Å². The molecule has 2 heterocycles. The highest BCUT2D eigenvalue weighted by atomic mass is 16.3. The van der Waals surface area contributed by atoms with Crippen LogP contribution >= 0.6 is 0 Å².